The van der Waals surface area contributed by atoms with Gasteiger partial charge in [0.25, 0.3) is 5.91 Å². The number of aromatic nitrogens is 1. The minimum atomic E-state index is -4.50. The van der Waals surface area contributed by atoms with Gasteiger partial charge >= 0.3 is 18.4 Å². The number of carbonyl (C=O) groups is 2. The van der Waals surface area contributed by atoms with Crippen LogP contribution < -0.4 is 25.8 Å². The fraction of sp³-hybridized carbons (Fsp3) is 0.0952. The molecule has 9 nitrogen and oxygen atoms in total. The first-order chi connectivity index (χ1) is 16.4. The molecule has 2 heterocycles. The van der Waals surface area contributed by atoms with Crippen molar-refractivity contribution in [2.75, 3.05) is 10.6 Å². The number of nitrogens with two attached hydrogens (primary N) is 1. The summed E-state index contributed by atoms with van der Waals surface area (Å²) in [6.45, 7) is 0. The number of primary amides is 1. The number of halogens is 5. The Hall–Kier alpha value is -4.10. The van der Waals surface area contributed by atoms with Crippen LogP contribution in [0, 0.1) is 0 Å². The first kappa shape index (κ1) is 24.0. The van der Waals surface area contributed by atoms with E-state index in [1.807, 2.05) is 0 Å². The van der Waals surface area contributed by atoms with Crippen molar-refractivity contribution in [2.45, 2.75) is 12.4 Å². The van der Waals surface area contributed by atoms with Gasteiger partial charge in [-0.3, -0.25) is 9.78 Å². The summed E-state index contributed by atoms with van der Waals surface area (Å²) in [6.07, 6.45) is -7.52. The second-order valence-corrected chi connectivity index (χ2v) is 7.37. The van der Waals surface area contributed by atoms with E-state index < -0.39 is 35.7 Å². The molecule has 182 valence electrons. The normalized spacial score (nSPS) is 15.3. The Morgan fingerprint density at radius 1 is 1.00 bits per heavy atom. The second-order valence-electron chi connectivity index (χ2n) is 6.96. The number of nitrogens with zero attached hydrogens (tertiary/aromatic N) is 1. The topological polar surface area (TPSA) is 125 Å². The standard InChI is InChI=1S/C21H13ClF4N4O5/c22-14-8-11(33-12-5-6-28-16(9-12)18(27)31)2-3-15(14)30-19(32)29-10-1-4-17-13(7-10)20(23,24)35-21(25,26)34-17/h1-9H,(H2,27,31)(H2,29,30,32). The number of ether oxygens (including phenoxy) is 3. The van der Waals surface area contributed by atoms with E-state index in [4.69, 9.17) is 22.1 Å². The highest BCUT2D eigenvalue weighted by atomic mass is 35.5. The van der Waals surface area contributed by atoms with E-state index in [0.29, 0.717) is 0 Å². The van der Waals surface area contributed by atoms with Gasteiger partial charge in [-0.25, -0.2) is 9.53 Å². The zero-order chi connectivity index (χ0) is 25.4. The third-order valence-corrected chi connectivity index (χ3v) is 4.75. The van der Waals surface area contributed by atoms with Crippen LogP contribution >= 0.6 is 11.6 Å². The first-order valence-corrected chi connectivity index (χ1v) is 9.90. The Kier molecular flexibility index (Phi) is 6.13. The van der Waals surface area contributed by atoms with Crippen LogP contribution in [0.3, 0.4) is 0 Å². The van der Waals surface area contributed by atoms with Crippen LogP contribution in [0.15, 0.2) is 54.7 Å². The SMILES string of the molecule is NC(=O)c1cc(Oc2ccc(NC(=O)Nc3ccc4c(c3)C(F)(F)OC(F)(F)O4)c(Cl)c2)ccn1. The lowest BCUT2D eigenvalue weighted by Gasteiger charge is -2.30. The van der Waals surface area contributed by atoms with Gasteiger partial charge in [-0.05, 0) is 36.4 Å². The number of fused-ring (bicyclic) bond motifs is 1. The smallest absolute Gasteiger partial charge is 0.457 e. The molecule has 2 aromatic carbocycles. The van der Waals surface area contributed by atoms with Crippen LogP contribution in [-0.4, -0.2) is 23.2 Å². The molecule has 0 atom stereocenters. The Morgan fingerprint density at radius 2 is 1.74 bits per heavy atom. The van der Waals surface area contributed by atoms with Crippen LogP contribution in [-0.2, 0) is 10.8 Å². The number of hydrogen-bond donors (Lipinski definition) is 3. The zero-order valence-corrected chi connectivity index (χ0v) is 17.9. The van der Waals surface area contributed by atoms with E-state index in [9.17, 15) is 27.2 Å². The van der Waals surface area contributed by atoms with Gasteiger partial charge in [0.05, 0.1) is 16.3 Å². The fourth-order valence-corrected chi connectivity index (χ4v) is 3.19. The quantitative estimate of drug-likeness (QED) is 0.400. The summed E-state index contributed by atoms with van der Waals surface area (Å²) in [5.74, 6) is -1.01. The fourth-order valence-electron chi connectivity index (χ4n) is 2.97. The van der Waals surface area contributed by atoms with Crippen molar-refractivity contribution in [3.63, 3.8) is 0 Å². The van der Waals surface area contributed by atoms with Crippen LogP contribution in [0.2, 0.25) is 5.02 Å². The molecule has 1 aromatic heterocycles. The molecule has 35 heavy (non-hydrogen) atoms. The molecular formula is C21H13ClF4N4O5. The van der Waals surface area contributed by atoms with Crippen LogP contribution in [0.25, 0.3) is 0 Å². The molecular weight excluding hydrogens is 500 g/mol. The summed E-state index contributed by atoms with van der Waals surface area (Å²) >= 11 is 6.17. The molecule has 0 saturated heterocycles. The molecule has 0 fully saturated rings. The molecule has 4 rings (SSSR count). The van der Waals surface area contributed by atoms with Crippen molar-refractivity contribution in [2.24, 2.45) is 5.73 Å². The lowest BCUT2D eigenvalue weighted by molar-refractivity contribution is -0.461. The van der Waals surface area contributed by atoms with Gasteiger partial charge in [-0.15, -0.1) is 8.78 Å². The summed E-state index contributed by atoms with van der Waals surface area (Å²) in [4.78, 5) is 27.3. The average Bonchev–Trinajstić information content (AvgIpc) is 2.75. The van der Waals surface area contributed by atoms with Crippen LogP contribution in [0.1, 0.15) is 16.1 Å². The van der Waals surface area contributed by atoms with Crippen molar-refractivity contribution in [1.82, 2.24) is 4.98 Å². The number of anilines is 2. The van der Waals surface area contributed by atoms with Gasteiger partial charge in [-0.1, -0.05) is 11.6 Å². The summed E-state index contributed by atoms with van der Waals surface area (Å²) < 4.78 is 67.1. The van der Waals surface area contributed by atoms with Crippen molar-refractivity contribution in [3.05, 3.63) is 71.0 Å². The van der Waals surface area contributed by atoms with Gasteiger partial charge in [0.2, 0.25) is 0 Å². The Balaban J connectivity index is 1.44. The average molecular weight is 513 g/mol. The monoisotopic (exact) mass is 512 g/mol. The largest absolute Gasteiger partial charge is 0.540 e. The number of alkyl halides is 4. The lowest BCUT2D eigenvalue weighted by Crippen LogP contribution is -2.41. The van der Waals surface area contributed by atoms with Crippen molar-refractivity contribution >= 4 is 34.9 Å². The first-order valence-electron chi connectivity index (χ1n) is 9.52. The molecule has 0 unspecified atom stereocenters. The van der Waals surface area contributed by atoms with Crippen LogP contribution in [0.5, 0.6) is 17.2 Å². The Morgan fingerprint density at radius 3 is 2.46 bits per heavy atom. The van der Waals surface area contributed by atoms with E-state index in [2.05, 4.69) is 25.1 Å². The van der Waals surface area contributed by atoms with Crippen LogP contribution in [0.4, 0.5) is 33.7 Å². The molecule has 3 aromatic rings. The van der Waals surface area contributed by atoms with E-state index in [1.54, 1.807) is 0 Å². The van der Waals surface area contributed by atoms with E-state index >= 15 is 0 Å². The maximum atomic E-state index is 13.9. The minimum absolute atomic E-state index is 0.00432. The van der Waals surface area contributed by atoms with Gasteiger partial charge < -0.3 is 25.8 Å². The van der Waals surface area contributed by atoms with Gasteiger partial charge in [0, 0.05) is 24.0 Å². The second kappa shape index (κ2) is 8.92. The Bertz CT molecular complexity index is 1320. The summed E-state index contributed by atoms with van der Waals surface area (Å²) in [7, 11) is 0. The Labute approximate surface area is 198 Å². The highest BCUT2D eigenvalue weighted by Crippen LogP contribution is 2.46. The predicted octanol–water partition coefficient (Wildman–Crippen LogP) is 5.28. The number of carbonyl (C=O) groups excluding carboxylic acids is 2. The summed E-state index contributed by atoms with van der Waals surface area (Å²) in [5.41, 5.74) is 4.16. The maximum absolute atomic E-state index is 13.9. The number of pyridine rings is 1. The molecule has 1 aliphatic rings. The molecule has 0 bridgehead atoms. The highest BCUT2D eigenvalue weighted by molar-refractivity contribution is 6.34. The van der Waals surface area contributed by atoms with Gasteiger partial charge in [-0.2, -0.15) is 8.78 Å². The summed E-state index contributed by atoms with van der Waals surface area (Å²) in [5, 5.41) is 4.74. The molecule has 0 spiro atoms. The number of benzene rings is 2. The molecule has 1 aliphatic heterocycles. The third kappa shape index (κ3) is 5.53. The van der Waals surface area contributed by atoms with E-state index in [0.717, 1.165) is 18.2 Å². The number of nitrogens with one attached hydrogen (secondary N) is 2. The van der Waals surface area contributed by atoms with Gasteiger partial charge in [0.15, 0.2) is 0 Å². The molecule has 0 aliphatic carbocycles. The predicted molar refractivity (Wildman–Crippen MR) is 114 cm³/mol. The molecule has 0 radical (unpaired) electrons. The number of hydrogen-bond acceptors (Lipinski definition) is 6. The molecule has 4 N–H and O–H groups in total. The van der Waals surface area contributed by atoms with E-state index in [1.165, 1.54) is 36.5 Å². The van der Waals surface area contributed by atoms with E-state index in [-0.39, 0.29) is 33.6 Å². The zero-order valence-electron chi connectivity index (χ0n) is 17.2. The third-order valence-electron chi connectivity index (χ3n) is 4.44. The van der Waals surface area contributed by atoms with Gasteiger partial charge in [0.1, 0.15) is 22.9 Å². The minimum Gasteiger partial charge on any atom is -0.457 e. The lowest BCUT2D eigenvalue weighted by atomic mass is 10.1. The molecule has 0 saturated carbocycles. The molecule has 3 amide bonds. The maximum Gasteiger partial charge on any atom is 0.540 e. The number of rotatable bonds is 5. The molecule has 14 heteroatoms. The highest BCUT2D eigenvalue weighted by Gasteiger charge is 2.54. The van der Waals surface area contributed by atoms with Crippen molar-refractivity contribution < 1.29 is 41.4 Å². The number of urea groups is 1. The van der Waals surface area contributed by atoms with Crippen molar-refractivity contribution in [3.8, 4) is 17.2 Å². The number of amides is 3. The summed E-state index contributed by atoms with van der Waals surface area (Å²) in [6, 6.07) is 8.84. The van der Waals surface area contributed by atoms with Crippen molar-refractivity contribution in [1.29, 1.82) is 0 Å².